The molecule has 4 aromatic rings. The van der Waals surface area contributed by atoms with Gasteiger partial charge in [-0.3, -0.25) is 0 Å². The van der Waals surface area contributed by atoms with E-state index >= 15 is 0 Å². The van der Waals surface area contributed by atoms with Crippen LogP contribution >= 0.6 is 11.3 Å². The number of benzene rings is 2. The average Bonchev–Trinajstić information content (AvgIpc) is 3.29. The fourth-order valence-electron chi connectivity index (χ4n) is 2.75. The van der Waals surface area contributed by atoms with Crippen LogP contribution in [0.4, 0.5) is 13.2 Å². The van der Waals surface area contributed by atoms with Gasteiger partial charge in [0.15, 0.2) is 5.69 Å². The summed E-state index contributed by atoms with van der Waals surface area (Å²) in [5.74, 6) is 0.0591. The van der Waals surface area contributed by atoms with Gasteiger partial charge in [-0.25, -0.2) is 9.67 Å². The summed E-state index contributed by atoms with van der Waals surface area (Å²) >= 11 is 1.05. The molecule has 8 heteroatoms. The second-order valence-corrected chi connectivity index (χ2v) is 7.09. The lowest BCUT2D eigenvalue weighted by molar-refractivity contribution is -0.142. The van der Waals surface area contributed by atoms with E-state index in [0.717, 1.165) is 27.6 Å². The van der Waals surface area contributed by atoms with E-state index in [1.165, 1.54) is 12.1 Å². The molecule has 2 aromatic carbocycles. The van der Waals surface area contributed by atoms with Crippen molar-refractivity contribution in [1.82, 2.24) is 14.8 Å². The van der Waals surface area contributed by atoms with Crippen LogP contribution in [0.25, 0.3) is 27.6 Å². The van der Waals surface area contributed by atoms with Crippen LogP contribution in [0.15, 0.2) is 60.0 Å². The topological polar surface area (TPSA) is 50.9 Å². The van der Waals surface area contributed by atoms with E-state index in [1.807, 2.05) is 19.1 Å². The molecule has 4 rings (SSSR count). The monoisotopic (exact) mass is 401 g/mol. The maximum atomic E-state index is 13.6. The first-order valence-electron chi connectivity index (χ1n) is 8.31. The molecule has 0 aliphatic carbocycles. The zero-order valence-corrected chi connectivity index (χ0v) is 15.4. The Morgan fingerprint density at radius 3 is 2.39 bits per heavy atom. The van der Waals surface area contributed by atoms with Gasteiger partial charge in [-0.1, -0.05) is 42.0 Å². The standard InChI is InChI=1S/C20H14F3N3OS/c1-12-5-7-13(8-6-12)16-10-18(20(21,22)23)26(25-16)19-24-17(11-28-19)14-3-2-4-15(27)9-14/h2-11,27H,1H3. The van der Waals surface area contributed by atoms with Crippen LogP contribution < -0.4 is 0 Å². The maximum Gasteiger partial charge on any atom is 0.433 e. The zero-order chi connectivity index (χ0) is 19.9. The fraction of sp³-hybridized carbons (Fsp3) is 0.100. The predicted octanol–water partition coefficient (Wildman–Crippen LogP) is 5.70. The smallest absolute Gasteiger partial charge is 0.433 e. The molecule has 0 amide bonds. The molecule has 2 heterocycles. The first kappa shape index (κ1) is 18.2. The molecule has 142 valence electrons. The number of hydrogen-bond acceptors (Lipinski definition) is 4. The number of alkyl halides is 3. The molecule has 0 saturated heterocycles. The molecule has 0 radical (unpaired) electrons. The van der Waals surface area contributed by atoms with Gasteiger partial charge in [-0.05, 0) is 25.1 Å². The number of hydrogen-bond donors (Lipinski definition) is 1. The lowest BCUT2D eigenvalue weighted by Gasteiger charge is -2.07. The van der Waals surface area contributed by atoms with Crippen molar-refractivity contribution in [3.63, 3.8) is 0 Å². The molecular formula is C20H14F3N3OS. The lowest BCUT2D eigenvalue weighted by Crippen LogP contribution is -2.13. The summed E-state index contributed by atoms with van der Waals surface area (Å²) in [6, 6.07) is 14.5. The molecule has 4 nitrogen and oxygen atoms in total. The van der Waals surface area contributed by atoms with E-state index in [0.29, 0.717) is 16.8 Å². The van der Waals surface area contributed by atoms with Crippen molar-refractivity contribution < 1.29 is 18.3 Å². The molecule has 0 aliphatic heterocycles. The number of aromatic nitrogens is 3. The Hall–Kier alpha value is -3.13. The van der Waals surface area contributed by atoms with Gasteiger partial charge in [-0.15, -0.1) is 11.3 Å². The van der Waals surface area contributed by atoms with E-state index in [2.05, 4.69) is 10.1 Å². The highest BCUT2D eigenvalue weighted by Gasteiger charge is 2.37. The minimum absolute atomic E-state index is 0.0591. The third-order valence-corrected chi connectivity index (χ3v) is 4.98. The van der Waals surface area contributed by atoms with E-state index < -0.39 is 11.9 Å². The second-order valence-electron chi connectivity index (χ2n) is 6.26. The Bertz CT molecular complexity index is 1130. The predicted molar refractivity (Wildman–Crippen MR) is 102 cm³/mol. The molecule has 28 heavy (non-hydrogen) atoms. The van der Waals surface area contributed by atoms with E-state index in [1.54, 1.807) is 29.6 Å². The summed E-state index contributed by atoms with van der Waals surface area (Å²) in [4.78, 5) is 4.30. The van der Waals surface area contributed by atoms with Gasteiger partial charge < -0.3 is 5.11 Å². The fourth-order valence-corrected chi connectivity index (χ4v) is 3.55. The number of phenols is 1. The first-order chi connectivity index (χ1) is 13.3. The van der Waals surface area contributed by atoms with Crippen LogP contribution in [0.2, 0.25) is 0 Å². The zero-order valence-electron chi connectivity index (χ0n) is 14.6. The molecule has 0 spiro atoms. The Labute approximate surface area is 162 Å². The molecule has 0 fully saturated rings. The Kier molecular flexibility index (Phi) is 4.43. The number of phenolic OH excluding ortho intramolecular Hbond substituents is 1. The summed E-state index contributed by atoms with van der Waals surface area (Å²) < 4.78 is 41.6. The molecule has 0 aliphatic rings. The third-order valence-electron chi connectivity index (χ3n) is 4.16. The summed E-state index contributed by atoms with van der Waals surface area (Å²) in [5, 5.41) is 15.5. The van der Waals surface area contributed by atoms with E-state index in [-0.39, 0.29) is 16.6 Å². The molecule has 0 bridgehead atoms. The Balaban J connectivity index is 1.80. The molecular weight excluding hydrogens is 387 g/mol. The Morgan fingerprint density at radius 1 is 0.964 bits per heavy atom. The van der Waals surface area contributed by atoms with Crippen molar-refractivity contribution in [2.45, 2.75) is 13.1 Å². The summed E-state index contributed by atoms with van der Waals surface area (Å²) in [5.41, 5.74) is 2.02. The lowest BCUT2D eigenvalue weighted by atomic mass is 10.1. The highest BCUT2D eigenvalue weighted by atomic mass is 32.1. The number of nitrogens with zero attached hydrogens (tertiary/aromatic N) is 3. The van der Waals surface area contributed by atoms with Gasteiger partial charge >= 0.3 is 6.18 Å². The first-order valence-corrected chi connectivity index (χ1v) is 9.19. The normalized spacial score (nSPS) is 11.7. The van der Waals surface area contributed by atoms with Gasteiger partial charge in [0.2, 0.25) is 5.13 Å². The molecule has 2 aromatic heterocycles. The number of halogens is 3. The van der Waals surface area contributed by atoms with Crippen molar-refractivity contribution in [2.24, 2.45) is 0 Å². The largest absolute Gasteiger partial charge is 0.508 e. The molecule has 0 unspecified atom stereocenters. The number of thiazole rings is 1. The van der Waals surface area contributed by atoms with Gasteiger partial charge in [0.1, 0.15) is 5.75 Å². The molecule has 0 saturated carbocycles. The van der Waals surface area contributed by atoms with Crippen LogP contribution in [-0.4, -0.2) is 19.9 Å². The summed E-state index contributed by atoms with van der Waals surface area (Å²) in [7, 11) is 0. The highest BCUT2D eigenvalue weighted by molar-refractivity contribution is 7.12. The van der Waals surface area contributed by atoms with Crippen molar-refractivity contribution in [2.75, 3.05) is 0 Å². The van der Waals surface area contributed by atoms with Crippen LogP contribution in [0, 0.1) is 6.92 Å². The molecule has 1 N–H and O–H groups in total. The number of aryl methyl sites for hydroxylation is 1. The van der Waals surface area contributed by atoms with Gasteiger partial charge in [0.25, 0.3) is 0 Å². The number of aromatic hydroxyl groups is 1. The second kappa shape index (κ2) is 6.79. The van der Waals surface area contributed by atoms with Crippen molar-refractivity contribution in [3.8, 4) is 33.4 Å². The van der Waals surface area contributed by atoms with Crippen LogP contribution in [0.1, 0.15) is 11.3 Å². The summed E-state index contributed by atoms with van der Waals surface area (Å²) in [6.45, 7) is 1.90. The minimum Gasteiger partial charge on any atom is -0.508 e. The quantitative estimate of drug-likeness (QED) is 0.479. The van der Waals surface area contributed by atoms with E-state index in [9.17, 15) is 18.3 Å². The van der Waals surface area contributed by atoms with Crippen molar-refractivity contribution in [1.29, 1.82) is 0 Å². The van der Waals surface area contributed by atoms with E-state index in [4.69, 9.17) is 0 Å². The van der Waals surface area contributed by atoms with Gasteiger partial charge in [0.05, 0.1) is 11.4 Å². The maximum absolute atomic E-state index is 13.6. The van der Waals surface area contributed by atoms with Gasteiger partial charge in [0, 0.05) is 16.5 Å². The average molecular weight is 401 g/mol. The minimum atomic E-state index is -4.58. The number of rotatable bonds is 3. The third kappa shape index (κ3) is 3.50. The van der Waals surface area contributed by atoms with Gasteiger partial charge in [-0.2, -0.15) is 18.3 Å². The highest BCUT2D eigenvalue weighted by Crippen LogP contribution is 2.35. The van der Waals surface area contributed by atoms with Crippen molar-refractivity contribution >= 4 is 11.3 Å². The van der Waals surface area contributed by atoms with Crippen molar-refractivity contribution in [3.05, 3.63) is 71.2 Å². The van der Waals surface area contributed by atoms with Crippen LogP contribution in [0.5, 0.6) is 5.75 Å². The summed E-state index contributed by atoms with van der Waals surface area (Å²) in [6.07, 6.45) is -4.58. The Morgan fingerprint density at radius 2 is 1.71 bits per heavy atom. The van der Waals surface area contributed by atoms with Crippen LogP contribution in [-0.2, 0) is 6.18 Å². The molecule has 0 atom stereocenters. The van der Waals surface area contributed by atoms with Crippen LogP contribution in [0.3, 0.4) is 0 Å². The SMILES string of the molecule is Cc1ccc(-c2cc(C(F)(F)F)n(-c3nc(-c4cccc(O)c4)cs3)n2)cc1.